The predicted octanol–water partition coefficient (Wildman–Crippen LogP) is 3.49. The average Bonchev–Trinajstić information content (AvgIpc) is 2.58. The van der Waals surface area contributed by atoms with E-state index in [9.17, 15) is 9.90 Å². The van der Waals surface area contributed by atoms with Crippen molar-refractivity contribution in [1.29, 1.82) is 0 Å². The van der Waals surface area contributed by atoms with Crippen LogP contribution in [0.25, 0.3) is 22.3 Å². The van der Waals surface area contributed by atoms with Crippen LogP contribution in [-0.4, -0.2) is 19.3 Å². The van der Waals surface area contributed by atoms with Crippen LogP contribution in [0.15, 0.2) is 45.6 Å². The molecule has 118 valence electrons. The molecule has 1 aromatic heterocycles. The van der Waals surface area contributed by atoms with Crippen LogP contribution in [0, 0.1) is 6.92 Å². The topological polar surface area (TPSA) is 68.9 Å². The van der Waals surface area contributed by atoms with Crippen LogP contribution < -0.4 is 14.9 Å². The van der Waals surface area contributed by atoms with E-state index in [0.717, 1.165) is 5.56 Å². The van der Waals surface area contributed by atoms with Crippen molar-refractivity contribution in [3.8, 4) is 28.6 Å². The monoisotopic (exact) mass is 312 g/mol. The largest absolute Gasteiger partial charge is 0.502 e. The Morgan fingerprint density at radius 2 is 1.78 bits per heavy atom. The van der Waals surface area contributed by atoms with Crippen molar-refractivity contribution in [2.75, 3.05) is 14.2 Å². The second-order valence-corrected chi connectivity index (χ2v) is 5.08. The molecular weight excluding hydrogens is 296 g/mol. The van der Waals surface area contributed by atoms with E-state index in [4.69, 9.17) is 13.9 Å². The summed E-state index contributed by atoms with van der Waals surface area (Å²) in [5.41, 5.74) is 1.17. The normalized spacial score (nSPS) is 10.7. The van der Waals surface area contributed by atoms with E-state index >= 15 is 0 Å². The Bertz CT molecular complexity index is 940. The van der Waals surface area contributed by atoms with E-state index in [1.165, 1.54) is 7.11 Å². The Morgan fingerprint density at radius 3 is 2.48 bits per heavy atom. The second-order valence-electron chi connectivity index (χ2n) is 5.08. The number of benzene rings is 2. The molecule has 0 radical (unpaired) electrons. The Kier molecular flexibility index (Phi) is 3.70. The van der Waals surface area contributed by atoms with Crippen molar-refractivity contribution in [3.63, 3.8) is 0 Å². The summed E-state index contributed by atoms with van der Waals surface area (Å²) in [5, 5.41) is 10.6. The molecule has 1 N–H and O–H groups in total. The van der Waals surface area contributed by atoms with E-state index in [2.05, 4.69) is 0 Å². The molecule has 0 saturated heterocycles. The van der Waals surface area contributed by atoms with Crippen LogP contribution in [0.5, 0.6) is 17.2 Å². The summed E-state index contributed by atoms with van der Waals surface area (Å²) >= 11 is 0. The van der Waals surface area contributed by atoms with E-state index in [0.29, 0.717) is 28.0 Å². The van der Waals surface area contributed by atoms with E-state index in [1.54, 1.807) is 43.5 Å². The van der Waals surface area contributed by atoms with Gasteiger partial charge in [0.25, 0.3) is 0 Å². The first-order valence-electron chi connectivity index (χ1n) is 7.05. The molecule has 0 saturated carbocycles. The summed E-state index contributed by atoms with van der Waals surface area (Å²) in [6, 6.07) is 10.2. The molecule has 3 aromatic rings. The number of hydrogen-bond donors (Lipinski definition) is 1. The van der Waals surface area contributed by atoms with Crippen LogP contribution in [0.2, 0.25) is 0 Å². The minimum absolute atomic E-state index is 0.0799. The number of ether oxygens (including phenoxy) is 2. The molecule has 0 amide bonds. The average molecular weight is 312 g/mol. The van der Waals surface area contributed by atoms with Crippen molar-refractivity contribution < 1.29 is 19.0 Å². The van der Waals surface area contributed by atoms with Gasteiger partial charge in [0.15, 0.2) is 5.76 Å². The number of hydrogen-bond acceptors (Lipinski definition) is 5. The van der Waals surface area contributed by atoms with Gasteiger partial charge in [-0.3, -0.25) is 4.79 Å². The number of aromatic hydroxyl groups is 1. The van der Waals surface area contributed by atoms with Crippen LogP contribution >= 0.6 is 0 Å². The highest BCUT2D eigenvalue weighted by molar-refractivity contribution is 5.83. The summed E-state index contributed by atoms with van der Waals surface area (Å²) < 4.78 is 16.5. The first-order chi connectivity index (χ1) is 11.1. The van der Waals surface area contributed by atoms with Crippen molar-refractivity contribution >= 4 is 11.0 Å². The quantitative estimate of drug-likeness (QED) is 0.801. The highest BCUT2D eigenvalue weighted by Crippen LogP contribution is 2.41. The first kappa shape index (κ1) is 15.0. The van der Waals surface area contributed by atoms with Crippen molar-refractivity contribution in [1.82, 2.24) is 0 Å². The molecule has 0 unspecified atom stereocenters. The zero-order chi connectivity index (χ0) is 16.6. The van der Waals surface area contributed by atoms with Crippen LogP contribution in [0.1, 0.15) is 5.56 Å². The van der Waals surface area contributed by atoms with Gasteiger partial charge in [-0.05, 0) is 31.2 Å². The minimum Gasteiger partial charge on any atom is -0.502 e. The van der Waals surface area contributed by atoms with Gasteiger partial charge in [-0.15, -0.1) is 0 Å². The molecule has 0 bridgehead atoms. The molecule has 0 aliphatic carbocycles. The summed E-state index contributed by atoms with van der Waals surface area (Å²) in [4.78, 5) is 12.4. The maximum atomic E-state index is 12.4. The molecular formula is C18H16O5. The van der Waals surface area contributed by atoms with Gasteiger partial charge in [0.1, 0.15) is 17.1 Å². The molecule has 0 aliphatic heterocycles. The lowest BCUT2D eigenvalue weighted by Gasteiger charge is -2.14. The van der Waals surface area contributed by atoms with Crippen LogP contribution in [0.3, 0.4) is 0 Å². The summed E-state index contributed by atoms with van der Waals surface area (Å²) in [7, 11) is 3.08. The first-order valence-corrected chi connectivity index (χ1v) is 7.05. The Morgan fingerprint density at radius 1 is 1.04 bits per heavy atom. The molecule has 2 aromatic carbocycles. The maximum Gasteiger partial charge on any atom is 0.235 e. The van der Waals surface area contributed by atoms with Crippen molar-refractivity contribution in [2.24, 2.45) is 0 Å². The Labute approximate surface area is 132 Å². The van der Waals surface area contributed by atoms with Crippen molar-refractivity contribution in [3.05, 3.63) is 52.2 Å². The maximum absolute atomic E-state index is 12.4. The molecule has 23 heavy (non-hydrogen) atoms. The lowest BCUT2D eigenvalue weighted by Crippen LogP contribution is -2.03. The van der Waals surface area contributed by atoms with E-state index in [-0.39, 0.29) is 5.76 Å². The predicted molar refractivity (Wildman–Crippen MR) is 87.4 cm³/mol. The minimum atomic E-state index is -0.475. The number of fused-ring (bicyclic) bond motifs is 1. The van der Waals surface area contributed by atoms with Crippen LogP contribution in [-0.2, 0) is 0 Å². The van der Waals surface area contributed by atoms with Gasteiger partial charge in [0.05, 0.1) is 25.2 Å². The number of para-hydroxylation sites is 1. The summed E-state index contributed by atoms with van der Waals surface area (Å²) in [6.45, 7) is 1.83. The van der Waals surface area contributed by atoms with Gasteiger partial charge in [-0.1, -0.05) is 12.1 Å². The van der Waals surface area contributed by atoms with Gasteiger partial charge in [-0.2, -0.15) is 0 Å². The Balaban J connectivity index is 2.35. The zero-order valence-corrected chi connectivity index (χ0v) is 13.0. The van der Waals surface area contributed by atoms with Gasteiger partial charge < -0.3 is 19.0 Å². The third-order valence-electron chi connectivity index (χ3n) is 3.80. The third kappa shape index (κ3) is 2.30. The standard InChI is InChI=1S/C18H16O5/c1-10-13(21-2)9-8-12(17(10)22-3)18-16(20)15(19)11-6-4-5-7-14(11)23-18/h4-9,20H,1-3H3. The molecule has 0 spiro atoms. The SMILES string of the molecule is COc1ccc(-c2oc3ccccc3c(=O)c2O)c(OC)c1C. The van der Waals surface area contributed by atoms with Gasteiger partial charge in [-0.25, -0.2) is 0 Å². The number of rotatable bonds is 3. The lowest BCUT2D eigenvalue weighted by molar-refractivity contribution is 0.388. The van der Waals surface area contributed by atoms with Crippen LogP contribution in [0.4, 0.5) is 0 Å². The smallest absolute Gasteiger partial charge is 0.235 e. The highest BCUT2D eigenvalue weighted by atomic mass is 16.5. The fourth-order valence-corrected chi connectivity index (χ4v) is 2.65. The van der Waals surface area contributed by atoms with E-state index in [1.807, 2.05) is 6.92 Å². The third-order valence-corrected chi connectivity index (χ3v) is 3.80. The van der Waals surface area contributed by atoms with Gasteiger partial charge in [0.2, 0.25) is 11.2 Å². The molecule has 0 atom stereocenters. The fourth-order valence-electron chi connectivity index (χ4n) is 2.65. The second kappa shape index (κ2) is 5.68. The lowest BCUT2D eigenvalue weighted by atomic mass is 10.0. The molecule has 0 fully saturated rings. The van der Waals surface area contributed by atoms with Gasteiger partial charge in [0, 0.05) is 5.56 Å². The number of methoxy groups -OCH3 is 2. The highest BCUT2D eigenvalue weighted by Gasteiger charge is 2.21. The molecule has 1 heterocycles. The van der Waals surface area contributed by atoms with E-state index < -0.39 is 11.2 Å². The fraction of sp³-hybridized carbons (Fsp3) is 0.167. The molecule has 3 rings (SSSR count). The zero-order valence-electron chi connectivity index (χ0n) is 13.0. The summed E-state index contributed by atoms with van der Waals surface area (Å²) in [6.07, 6.45) is 0. The van der Waals surface area contributed by atoms with Gasteiger partial charge >= 0.3 is 0 Å². The summed E-state index contributed by atoms with van der Waals surface area (Å²) in [5.74, 6) is 0.772. The molecule has 0 aliphatic rings. The molecule has 5 nitrogen and oxygen atoms in total. The van der Waals surface area contributed by atoms with Crippen molar-refractivity contribution in [2.45, 2.75) is 6.92 Å². The Hall–Kier alpha value is -2.95. The molecule has 5 heteroatoms.